The van der Waals surface area contributed by atoms with Crippen LogP contribution in [0.1, 0.15) is 88.1 Å². The van der Waals surface area contributed by atoms with Crippen molar-refractivity contribution >= 4 is 5.78 Å². The Morgan fingerprint density at radius 1 is 0.947 bits per heavy atom. The maximum absolute atomic E-state index is 11.6. The third-order valence-corrected chi connectivity index (χ3v) is 3.55. The number of Topliss-reactive ketones (excluding diaryl/α,β-unsaturated/α-hetero) is 1. The zero-order valence-electron chi connectivity index (χ0n) is 12.3. The van der Waals surface area contributed by atoms with Gasteiger partial charge in [-0.15, -0.1) is 0 Å². The van der Waals surface area contributed by atoms with Gasteiger partial charge >= 0.3 is 0 Å². The van der Waals surface area contributed by atoms with E-state index in [0.29, 0.717) is 12.2 Å². The molecule has 2 nitrogen and oxygen atoms in total. The van der Waals surface area contributed by atoms with Gasteiger partial charge in [0.1, 0.15) is 0 Å². The molecule has 1 heterocycles. The first kappa shape index (κ1) is 16.0. The summed E-state index contributed by atoms with van der Waals surface area (Å²) in [5, 5.41) is 0. The minimum atomic E-state index is 0.143. The van der Waals surface area contributed by atoms with Crippen molar-refractivity contribution in [3.05, 3.63) is 24.2 Å². The lowest BCUT2D eigenvalue weighted by molar-refractivity contribution is 0.0952. The summed E-state index contributed by atoms with van der Waals surface area (Å²) in [5.74, 6) is 0.653. The highest BCUT2D eigenvalue weighted by Crippen LogP contribution is 2.13. The Balaban J connectivity index is 1.85. The highest BCUT2D eigenvalue weighted by molar-refractivity contribution is 5.93. The molecule has 0 amide bonds. The van der Waals surface area contributed by atoms with Crippen LogP contribution in [0.5, 0.6) is 0 Å². The Labute approximate surface area is 117 Å². The molecule has 0 spiro atoms. The fraction of sp³-hybridized carbons (Fsp3) is 0.706. The number of hydrogen-bond acceptors (Lipinski definition) is 2. The molecule has 0 unspecified atom stereocenters. The number of unbranched alkanes of at least 4 members (excludes halogenated alkanes) is 9. The van der Waals surface area contributed by atoms with Gasteiger partial charge in [-0.3, -0.25) is 4.79 Å². The maximum Gasteiger partial charge on any atom is 0.197 e. The van der Waals surface area contributed by atoms with Crippen molar-refractivity contribution < 1.29 is 9.21 Å². The first-order valence-electron chi connectivity index (χ1n) is 7.91. The van der Waals surface area contributed by atoms with Crippen molar-refractivity contribution in [1.82, 2.24) is 0 Å². The van der Waals surface area contributed by atoms with Gasteiger partial charge in [0.25, 0.3) is 0 Å². The van der Waals surface area contributed by atoms with Crippen LogP contribution in [-0.4, -0.2) is 5.78 Å². The summed E-state index contributed by atoms with van der Waals surface area (Å²) in [6, 6.07) is 3.52. The zero-order chi connectivity index (χ0) is 13.8. The molecule has 0 radical (unpaired) electrons. The first-order valence-corrected chi connectivity index (χ1v) is 7.91. The molecule has 0 bridgehead atoms. The molecule has 1 aromatic rings. The second-order valence-corrected chi connectivity index (χ2v) is 5.33. The molecule has 0 N–H and O–H groups in total. The Morgan fingerprint density at radius 3 is 2.05 bits per heavy atom. The molecule has 0 atom stereocenters. The predicted molar refractivity (Wildman–Crippen MR) is 79.5 cm³/mol. The van der Waals surface area contributed by atoms with Gasteiger partial charge in [-0.2, -0.15) is 0 Å². The smallest absolute Gasteiger partial charge is 0.197 e. The fourth-order valence-corrected chi connectivity index (χ4v) is 2.33. The number of carbonyl (C=O) groups is 1. The molecule has 2 heteroatoms. The largest absolute Gasteiger partial charge is 0.461 e. The third-order valence-electron chi connectivity index (χ3n) is 3.55. The minimum Gasteiger partial charge on any atom is -0.461 e. The van der Waals surface area contributed by atoms with Gasteiger partial charge < -0.3 is 4.42 Å². The predicted octanol–water partition coefficient (Wildman–Crippen LogP) is 5.77. The molecule has 19 heavy (non-hydrogen) atoms. The van der Waals surface area contributed by atoms with Crippen molar-refractivity contribution in [2.45, 2.75) is 77.6 Å². The van der Waals surface area contributed by atoms with E-state index in [9.17, 15) is 4.79 Å². The lowest BCUT2D eigenvalue weighted by Gasteiger charge is -2.01. The topological polar surface area (TPSA) is 30.2 Å². The number of rotatable bonds is 12. The van der Waals surface area contributed by atoms with Crippen molar-refractivity contribution in [2.24, 2.45) is 0 Å². The maximum atomic E-state index is 11.6. The van der Waals surface area contributed by atoms with E-state index in [2.05, 4.69) is 6.92 Å². The average Bonchev–Trinajstić information content (AvgIpc) is 2.95. The Hall–Kier alpha value is -1.05. The molecule has 0 aliphatic carbocycles. The summed E-state index contributed by atoms with van der Waals surface area (Å²) in [7, 11) is 0. The van der Waals surface area contributed by atoms with Crippen LogP contribution in [0.3, 0.4) is 0 Å². The number of hydrogen-bond donors (Lipinski definition) is 0. The van der Waals surface area contributed by atoms with Crippen LogP contribution in [0.2, 0.25) is 0 Å². The first-order chi connectivity index (χ1) is 9.34. The van der Waals surface area contributed by atoms with Gasteiger partial charge in [-0.05, 0) is 18.6 Å². The van der Waals surface area contributed by atoms with Crippen LogP contribution < -0.4 is 0 Å². The normalized spacial score (nSPS) is 10.8. The standard InChI is InChI=1S/C17H28O2/c1-2-3-4-5-6-7-8-9-10-11-13-16(18)17-14-12-15-19-17/h12,14-15H,2-11,13H2,1H3. The van der Waals surface area contributed by atoms with E-state index in [1.54, 1.807) is 18.4 Å². The van der Waals surface area contributed by atoms with E-state index < -0.39 is 0 Å². The van der Waals surface area contributed by atoms with Crippen LogP contribution in [0.15, 0.2) is 22.8 Å². The summed E-state index contributed by atoms with van der Waals surface area (Å²) >= 11 is 0. The van der Waals surface area contributed by atoms with E-state index in [4.69, 9.17) is 4.42 Å². The molecule has 1 aromatic heterocycles. The summed E-state index contributed by atoms with van der Waals surface area (Å²) < 4.78 is 5.09. The highest BCUT2D eigenvalue weighted by Gasteiger charge is 2.07. The molecule has 1 rings (SSSR count). The van der Waals surface area contributed by atoms with Gasteiger partial charge in [0.15, 0.2) is 11.5 Å². The van der Waals surface area contributed by atoms with Crippen LogP contribution in [0.4, 0.5) is 0 Å². The van der Waals surface area contributed by atoms with Gasteiger partial charge in [-0.1, -0.05) is 64.7 Å². The van der Waals surface area contributed by atoms with E-state index in [1.165, 1.54) is 57.8 Å². The van der Waals surface area contributed by atoms with Gasteiger partial charge in [0, 0.05) is 6.42 Å². The Morgan fingerprint density at radius 2 is 1.53 bits per heavy atom. The van der Waals surface area contributed by atoms with Gasteiger partial charge in [0.05, 0.1) is 6.26 Å². The lowest BCUT2D eigenvalue weighted by Crippen LogP contribution is -1.96. The summed E-state index contributed by atoms with van der Waals surface area (Å²) in [4.78, 5) is 11.6. The van der Waals surface area contributed by atoms with Crippen molar-refractivity contribution in [3.63, 3.8) is 0 Å². The Bertz CT molecular complexity index is 314. The average molecular weight is 264 g/mol. The number of carbonyl (C=O) groups excluding carboxylic acids is 1. The zero-order valence-corrected chi connectivity index (χ0v) is 12.3. The fourth-order valence-electron chi connectivity index (χ4n) is 2.33. The quantitative estimate of drug-likeness (QED) is 0.354. The molecule has 0 aliphatic rings. The molecule has 0 aromatic carbocycles. The molecule has 0 fully saturated rings. The molecule has 0 aliphatic heterocycles. The molecular formula is C17H28O2. The molecule has 0 saturated heterocycles. The number of ketones is 1. The van der Waals surface area contributed by atoms with Crippen LogP contribution in [0, 0.1) is 0 Å². The van der Waals surface area contributed by atoms with E-state index in [1.807, 2.05) is 0 Å². The summed E-state index contributed by atoms with van der Waals surface area (Å²) in [5.41, 5.74) is 0. The van der Waals surface area contributed by atoms with Crippen LogP contribution in [0.25, 0.3) is 0 Å². The molecular weight excluding hydrogens is 236 g/mol. The summed E-state index contributed by atoms with van der Waals surface area (Å²) in [6.45, 7) is 2.25. The van der Waals surface area contributed by atoms with Crippen LogP contribution >= 0.6 is 0 Å². The lowest BCUT2D eigenvalue weighted by atomic mass is 10.0. The molecule has 108 valence electrons. The monoisotopic (exact) mass is 264 g/mol. The minimum absolute atomic E-state index is 0.143. The SMILES string of the molecule is CCCCCCCCCCCCC(=O)c1ccco1. The summed E-state index contributed by atoms with van der Waals surface area (Å²) in [6.07, 6.45) is 15.2. The van der Waals surface area contributed by atoms with Crippen LogP contribution in [-0.2, 0) is 0 Å². The van der Waals surface area contributed by atoms with Gasteiger partial charge in [0.2, 0.25) is 0 Å². The van der Waals surface area contributed by atoms with E-state index >= 15 is 0 Å². The van der Waals surface area contributed by atoms with E-state index in [-0.39, 0.29) is 5.78 Å². The number of furan rings is 1. The molecule has 0 saturated carbocycles. The second-order valence-electron chi connectivity index (χ2n) is 5.33. The van der Waals surface area contributed by atoms with Crippen molar-refractivity contribution in [3.8, 4) is 0 Å². The Kier molecular flexibility index (Phi) is 9.13. The van der Waals surface area contributed by atoms with Gasteiger partial charge in [-0.25, -0.2) is 0 Å². The van der Waals surface area contributed by atoms with Crippen molar-refractivity contribution in [1.29, 1.82) is 0 Å². The van der Waals surface area contributed by atoms with E-state index in [0.717, 1.165) is 6.42 Å². The third kappa shape index (κ3) is 7.86. The highest BCUT2D eigenvalue weighted by atomic mass is 16.3. The second kappa shape index (κ2) is 10.8. The van der Waals surface area contributed by atoms with Crippen molar-refractivity contribution in [2.75, 3.05) is 0 Å².